The Balaban J connectivity index is 2.64. The zero-order chi connectivity index (χ0) is 9.14. The van der Waals surface area contributed by atoms with Crippen LogP contribution < -0.4 is 5.73 Å². The quantitative estimate of drug-likeness (QED) is 0.657. The van der Waals surface area contributed by atoms with E-state index in [1.54, 1.807) is 5.38 Å². The summed E-state index contributed by atoms with van der Waals surface area (Å²) < 4.78 is 0. The molecule has 0 spiro atoms. The summed E-state index contributed by atoms with van der Waals surface area (Å²) in [5.41, 5.74) is 6.19. The number of hydrogen-bond acceptors (Lipinski definition) is 4. The number of carbonyl (C=O) groups is 1. The van der Waals surface area contributed by atoms with Gasteiger partial charge in [0.25, 0.3) is 0 Å². The smallest absolute Gasteiger partial charge is 0.305 e. The summed E-state index contributed by atoms with van der Waals surface area (Å²) in [4.78, 5) is 10.3. The average Bonchev–Trinajstić information content (AvgIpc) is 2.34. The largest absolute Gasteiger partial charge is 0.499 e. The van der Waals surface area contributed by atoms with Crippen LogP contribution in [0.15, 0.2) is 11.4 Å². The maximum Gasteiger partial charge on any atom is 0.305 e. The van der Waals surface area contributed by atoms with Gasteiger partial charge in [-0.2, -0.15) is 0 Å². The molecule has 0 saturated heterocycles. The molecule has 12 heavy (non-hydrogen) atoms. The molecule has 0 amide bonds. The molecule has 0 radical (unpaired) electrons. The van der Waals surface area contributed by atoms with E-state index in [-0.39, 0.29) is 11.5 Å². The summed E-state index contributed by atoms with van der Waals surface area (Å²) >= 11 is 1.14. The van der Waals surface area contributed by atoms with E-state index in [0.717, 1.165) is 11.3 Å². The first-order chi connectivity index (χ1) is 5.59. The van der Waals surface area contributed by atoms with Crippen molar-refractivity contribution < 1.29 is 15.0 Å². The summed E-state index contributed by atoms with van der Waals surface area (Å²) in [5, 5.41) is 19.2. The van der Waals surface area contributed by atoms with Gasteiger partial charge in [-0.3, -0.25) is 4.79 Å². The number of thiophene rings is 1. The van der Waals surface area contributed by atoms with Crippen molar-refractivity contribution >= 4 is 17.3 Å². The molecular formula is C7H9NO3S. The molecule has 1 atom stereocenters. The summed E-state index contributed by atoms with van der Waals surface area (Å²) in [6.07, 6.45) is -0.115. The lowest BCUT2D eigenvalue weighted by molar-refractivity contribution is -0.137. The van der Waals surface area contributed by atoms with Gasteiger partial charge in [0.1, 0.15) is 0 Å². The Morgan fingerprint density at radius 1 is 1.75 bits per heavy atom. The van der Waals surface area contributed by atoms with E-state index in [1.807, 2.05) is 0 Å². The number of aromatic hydroxyl groups is 1. The van der Waals surface area contributed by atoms with Gasteiger partial charge in [-0.05, 0) is 17.0 Å². The fraction of sp³-hybridized carbons (Fsp3) is 0.286. The maximum atomic E-state index is 10.3. The number of rotatable bonds is 3. The van der Waals surface area contributed by atoms with Crippen LogP contribution in [0.5, 0.6) is 5.06 Å². The van der Waals surface area contributed by atoms with Crippen LogP contribution in [-0.4, -0.2) is 16.2 Å². The first kappa shape index (κ1) is 9.02. The second-order valence-electron chi connectivity index (χ2n) is 2.42. The van der Waals surface area contributed by atoms with E-state index in [0.29, 0.717) is 5.56 Å². The first-order valence-electron chi connectivity index (χ1n) is 3.34. The van der Waals surface area contributed by atoms with E-state index in [4.69, 9.17) is 15.9 Å². The van der Waals surface area contributed by atoms with Crippen molar-refractivity contribution in [2.45, 2.75) is 12.5 Å². The number of carboxylic acids is 1. The van der Waals surface area contributed by atoms with Crippen molar-refractivity contribution in [3.05, 3.63) is 17.0 Å². The van der Waals surface area contributed by atoms with E-state index in [9.17, 15) is 4.79 Å². The summed E-state index contributed by atoms with van der Waals surface area (Å²) in [5.74, 6) is -0.937. The lowest BCUT2D eigenvalue weighted by Gasteiger charge is -2.04. The highest BCUT2D eigenvalue weighted by Gasteiger charge is 2.11. The van der Waals surface area contributed by atoms with Gasteiger partial charge in [0.05, 0.1) is 6.42 Å². The van der Waals surface area contributed by atoms with Gasteiger partial charge in [-0.1, -0.05) is 0 Å². The number of hydrogen-bond donors (Lipinski definition) is 3. The minimum absolute atomic E-state index is 0.115. The number of aliphatic carboxylic acids is 1. The number of carboxylic acid groups (broad SMARTS) is 1. The van der Waals surface area contributed by atoms with Crippen LogP contribution in [0.25, 0.3) is 0 Å². The van der Waals surface area contributed by atoms with E-state index in [1.165, 1.54) is 6.07 Å². The molecule has 0 aliphatic carbocycles. The summed E-state index contributed by atoms with van der Waals surface area (Å²) in [6.45, 7) is 0. The van der Waals surface area contributed by atoms with E-state index >= 15 is 0 Å². The Bertz CT molecular complexity index is 284. The predicted molar refractivity (Wildman–Crippen MR) is 45.2 cm³/mol. The molecule has 0 aromatic carbocycles. The normalized spacial score (nSPS) is 12.8. The Labute approximate surface area is 73.3 Å². The molecular weight excluding hydrogens is 178 g/mol. The molecule has 0 unspecified atom stereocenters. The van der Waals surface area contributed by atoms with Gasteiger partial charge in [-0.15, -0.1) is 11.3 Å². The van der Waals surface area contributed by atoms with Gasteiger partial charge in [0.15, 0.2) is 5.06 Å². The summed E-state index contributed by atoms with van der Waals surface area (Å²) in [7, 11) is 0. The van der Waals surface area contributed by atoms with Crippen molar-refractivity contribution in [3.8, 4) is 5.06 Å². The SMILES string of the molecule is N[C@@H](CC(=O)O)c1csc(O)c1. The molecule has 5 heteroatoms. The van der Waals surface area contributed by atoms with E-state index < -0.39 is 12.0 Å². The maximum absolute atomic E-state index is 10.3. The van der Waals surface area contributed by atoms with Crippen molar-refractivity contribution in [1.29, 1.82) is 0 Å². The van der Waals surface area contributed by atoms with Crippen LogP contribution in [0.2, 0.25) is 0 Å². The van der Waals surface area contributed by atoms with Crippen molar-refractivity contribution in [2.75, 3.05) is 0 Å². The van der Waals surface area contributed by atoms with Gasteiger partial charge < -0.3 is 15.9 Å². The molecule has 0 fully saturated rings. The molecule has 4 nitrogen and oxygen atoms in total. The topological polar surface area (TPSA) is 83.6 Å². The third kappa shape index (κ3) is 2.21. The van der Waals surface area contributed by atoms with Crippen molar-refractivity contribution in [1.82, 2.24) is 0 Å². The third-order valence-electron chi connectivity index (χ3n) is 1.43. The summed E-state index contributed by atoms with van der Waals surface area (Å²) in [6, 6.07) is 0.956. The zero-order valence-electron chi connectivity index (χ0n) is 6.23. The minimum Gasteiger partial charge on any atom is -0.499 e. The predicted octanol–water partition coefficient (Wildman–Crippen LogP) is 0.928. The molecule has 0 saturated carbocycles. The highest BCUT2D eigenvalue weighted by atomic mass is 32.1. The van der Waals surface area contributed by atoms with Gasteiger partial charge in [0.2, 0.25) is 0 Å². The van der Waals surface area contributed by atoms with Crippen LogP contribution >= 0.6 is 11.3 Å². The molecule has 1 rings (SSSR count). The van der Waals surface area contributed by atoms with Gasteiger partial charge in [0, 0.05) is 6.04 Å². The fourth-order valence-electron chi connectivity index (χ4n) is 0.839. The molecule has 0 bridgehead atoms. The number of nitrogens with two attached hydrogens (primary N) is 1. The lowest BCUT2D eigenvalue weighted by Crippen LogP contribution is -2.13. The molecule has 0 aliphatic rings. The Hall–Kier alpha value is -1.07. The first-order valence-corrected chi connectivity index (χ1v) is 4.22. The Kier molecular flexibility index (Phi) is 2.67. The highest BCUT2D eigenvalue weighted by molar-refractivity contribution is 7.11. The average molecular weight is 187 g/mol. The molecule has 1 aromatic heterocycles. The van der Waals surface area contributed by atoms with Gasteiger partial charge in [-0.25, -0.2) is 0 Å². The second-order valence-corrected chi connectivity index (χ2v) is 3.31. The van der Waals surface area contributed by atoms with Crippen LogP contribution in [-0.2, 0) is 4.79 Å². The third-order valence-corrected chi connectivity index (χ3v) is 2.18. The monoisotopic (exact) mass is 187 g/mol. The van der Waals surface area contributed by atoms with Crippen molar-refractivity contribution in [2.24, 2.45) is 5.73 Å². The second kappa shape index (κ2) is 3.55. The Morgan fingerprint density at radius 2 is 2.42 bits per heavy atom. The van der Waals surface area contributed by atoms with E-state index in [2.05, 4.69) is 0 Å². The minimum atomic E-state index is -0.937. The molecule has 1 heterocycles. The molecule has 66 valence electrons. The standard InChI is InChI=1S/C7H9NO3S/c8-5(2-6(9)10)4-1-7(11)12-3-4/h1,3,5,11H,2,8H2,(H,9,10)/t5-/m0/s1. The van der Waals surface area contributed by atoms with Crippen molar-refractivity contribution in [3.63, 3.8) is 0 Å². The van der Waals surface area contributed by atoms with Crippen LogP contribution in [0, 0.1) is 0 Å². The Morgan fingerprint density at radius 3 is 2.83 bits per heavy atom. The molecule has 0 aliphatic heterocycles. The molecule has 1 aromatic rings. The zero-order valence-corrected chi connectivity index (χ0v) is 7.04. The van der Waals surface area contributed by atoms with Crippen LogP contribution in [0.4, 0.5) is 0 Å². The molecule has 4 N–H and O–H groups in total. The van der Waals surface area contributed by atoms with Crippen LogP contribution in [0.1, 0.15) is 18.0 Å². The van der Waals surface area contributed by atoms with Gasteiger partial charge >= 0.3 is 5.97 Å². The van der Waals surface area contributed by atoms with Crippen LogP contribution in [0.3, 0.4) is 0 Å². The highest BCUT2D eigenvalue weighted by Crippen LogP contribution is 2.25. The fourth-order valence-corrected chi connectivity index (χ4v) is 1.54. The lowest BCUT2D eigenvalue weighted by atomic mass is 10.1.